The van der Waals surface area contributed by atoms with E-state index in [4.69, 9.17) is 5.73 Å². The van der Waals surface area contributed by atoms with Crippen LogP contribution in [0.5, 0.6) is 0 Å². The quantitative estimate of drug-likeness (QED) is 0.921. The predicted molar refractivity (Wildman–Crippen MR) is 78.3 cm³/mol. The molecule has 1 saturated carbocycles. The van der Waals surface area contributed by atoms with Crippen LogP contribution in [0.25, 0.3) is 0 Å². The molecule has 2 atom stereocenters. The van der Waals surface area contributed by atoms with Crippen molar-refractivity contribution in [2.24, 2.45) is 11.7 Å². The predicted octanol–water partition coefficient (Wildman–Crippen LogP) is 3.46. The third-order valence-corrected chi connectivity index (χ3v) is 5.04. The summed E-state index contributed by atoms with van der Waals surface area (Å²) in [6.07, 6.45) is 4.94. The zero-order valence-corrected chi connectivity index (χ0v) is 12.6. The molecule has 1 aliphatic heterocycles. The summed E-state index contributed by atoms with van der Waals surface area (Å²) in [5.74, 6) is 0.282. The molecule has 0 amide bonds. The van der Waals surface area contributed by atoms with Gasteiger partial charge >= 0.3 is 0 Å². The fourth-order valence-corrected chi connectivity index (χ4v) is 3.57. The number of piperidine rings is 1. The average Bonchev–Trinajstić information content (AvgIpc) is 3.25. The van der Waals surface area contributed by atoms with Crippen LogP contribution in [0.2, 0.25) is 0 Å². The number of benzene rings is 1. The molecule has 1 aromatic rings. The Morgan fingerprint density at radius 2 is 2.11 bits per heavy atom. The van der Waals surface area contributed by atoms with Gasteiger partial charge in [-0.25, -0.2) is 4.39 Å². The fraction of sp³-hybridized carbons (Fsp3) is 0.600. The maximum Gasteiger partial charge on any atom is 0.137 e. The van der Waals surface area contributed by atoms with Crippen LogP contribution in [0, 0.1) is 11.7 Å². The van der Waals surface area contributed by atoms with Crippen LogP contribution in [-0.2, 0) is 0 Å². The van der Waals surface area contributed by atoms with Gasteiger partial charge < -0.3 is 5.73 Å². The van der Waals surface area contributed by atoms with E-state index in [1.807, 2.05) is 12.1 Å². The first kappa shape index (κ1) is 13.5. The lowest BCUT2D eigenvalue weighted by molar-refractivity contribution is 0.0877. The molecule has 4 heteroatoms. The minimum Gasteiger partial charge on any atom is -0.330 e. The number of likely N-dealkylation sites (tertiary alicyclic amines) is 1. The van der Waals surface area contributed by atoms with E-state index in [0.29, 0.717) is 29.0 Å². The number of hydrogen-bond acceptors (Lipinski definition) is 2. The van der Waals surface area contributed by atoms with E-state index in [2.05, 4.69) is 20.8 Å². The third-order valence-electron chi connectivity index (χ3n) is 4.40. The maximum absolute atomic E-state index is 13.8. The number of hydrogen-bond donors (Lipinski definition) is 1. The summed E-state index contributed by atoms with van der Waals surface area (Å²) in [7, 11) is 0. The van der Waals surface area contributed by atoms with Gasteiger partial charge in [-0.1, -0.05) is 6.07 Å². The van der Waals surface area contributed by atoms with Gasteiger partial charge in [-0.3, -0.25) is 4.90 Å². The average molecular weight is 327 g/mol. The summed E-state index contributed by atoms with van der Waals surface area (Å²) < 4.78 is 14.3. The van der Waals surface area contributed by atoms with Gasteiger partial charge in [0.25, 0.3) is 0 Å². The summed E-state index contributed by atoms with van der Waals surface area (Å²) in [5.41, 5.74) is 7.04. The second-order valence-corrected chi connectivity index (χ2v) is 6.58. The van der Waals surface area contributed by atoms with E-state index in [-0.39, 0.29) is 5.82 Å². The second-order valence-electron chi connectivity index (χ2n) is 5.73. The monoisotopic (exact) mass is 326 g/mol. The van der Waals surface area contributed by atoms with Crippen LogP contribution in [0.15, 0.2) is 22.7 Å². The fourth-order valence-electron chi connectivity index (χ4n) is 3.33. The Balaban J connectivity index is 1.93. The first-order chi connectivity index (χ1) is 9.20. The van der Waals surface area contributed by atoms with Gasteiger partial charge in [0.2, 0.25) is 0 Å². The molecule has 1 heterocycles. The lowest BCUT2D eigenvalue weighted by atomic mass is 9.84. The van der Waals surface area contributed by atoms with E-state index < -0.39 is 0 Å². The van der Waals surface area contributed by atoms with E-state index in [1.54, 1.807) is 6.07 Å². The van der Waals surface area contributed by atoms with E-state index in [9.17, 15) is 4.39 Å². The Kier molecular flexibility index (Phi) is 3.92. The molecule has 1 saturated heterocycles. The van der Waals surface area contributed by atoms with Crippen LogP contribution in [0.3, 0.4) is 0 Å². The van der Waals surface area contributed by atoms with Crippen LogP contribution >= 0.6 is 15.9 Å². The van der Waals surface area contributed by atoms with Crippen LogP contribution in [-0.4, -0.2) is 24.0 Å². The first-order valence-corrected chi connectivity index (χ1v) is 7.90. The summed E-state index contributed by atoms with van der Waals surface area (Å²) in [6, 6.07) is 6.54. The standard InChI is InChI=1S/C15H20BrFN2/c16-13-6-3-10(8-14(13)17)15-11(9-18)2-1-7-19(15)12-4-5-12/h3,6,8,11-12,15H,1-2,4-5,7,9,18H2. The Hall–Kier alpha value is -0.450. The topological polar surface area (TPSA) is 29.3 Å². The molecular weight excluding hydrogens is 307 g/mol. The lowest BCUT2D eigenvalue weighted by Crippen LogP contribution is -2.42. The summed E-state index contributed by atoms with van der Waals surface area (Å²) >= 11 is 3.23. The molecule has 0 radical (unpaired) electrons. The summed E-state index contributed by atoms with van der Waals surface area (Å²) in [5, 5.41) is 0. The summed E-state index contributed by atoms with van der Waals surface area (Å²) in [6.45, 7) is 1.81. The van der Waals surface area contributed by atoms with Crippen molar-refractivity contribution in [3.05, 3.63) is 34.1 Å². The molecule has 2 aliphatic rings. The zero-order chi connectivity index (χ0) is 13.4. The Bertz CT molecular complexity index is 461. The molecule has 3 rings (SSSR count). The molecule has 2 unspecified atom stereocenters. The van der Waals surface area contributed by atoms with Crippen molar-refractivity contribution in [3.63, 3.8) is 0 Å². The third kappa shape index (κ3) is 2.71. The van der Waals surface area contributed by atoms with E-state index in [1.165, 1.54) is 19.3 Å². The largest absolute Gasteiger partial charge is 0.330 e. The smallest absolute Gasteiger partial charge is 0.137 e. The molecule has 1 aliphatic carbocycles. The molecule has 2 N–H and O–H groups in total. The number of halogens is 2. The van der Waals surface area contributed by atoms with Crippen molar-refractivity contribution < 1.29 is 4.39 Å². The van der Waals surface area contributed by atoms with E-state index >= 15 is 0 Å². The molecule has 0 aromatic heterocycles. The first-order valence-electron chi connectivity index (χ1n) is 7.11. The van der Waals surface area contributed by atoms with Gasteiger partial charge in [-0.2, -0.15) is 0 Å². The van der Waals surface area contributed by atoms with Gasteiger partial charge in [-0.15, -0.1) is 0 Å². The van der Waals surface area contributed by atoms with Crippen molar-refractivity contribution in [1.29, 1.82) is 0 Å². The van der Waals surface area contributed by atoms with Gasteiger partial charge in [-0.05, 0) is 78.3 Å². The minimum atomic E-state index is -0.172. The minimum absolute atomic E-state index is 0.172. The molecule has 2 fully saturated rings. The molecular formula is C15H20BrFN2. The summed E-state index contributed by atoms with van der Waals surface area (Å²) in [4.78, 5) is 2.56. The molecule has 19 heavy (non-hydrogen) atoms. The van der Waals surface area contributed by atoms with Gasteiger partial charge in [0.1, 0.15) is 5.82 Å². The molecule has 1 aromatic carbocycles. The van der Waals surface area contributed by atoms with E-state index in [0.717, 1.165) is 18.5 Å². The number of rotatable bonds is 3. The molecule has 0 bridgehead atoms. The van der Waals surface area contributed by atoms with Crippen LogP contribution in [0.4, 0.5) is 4.39 Å². The Labute approximate surface area is 122 Å². The number of nitrogens with zero attached hydrogens (tertiary/aromatic N) is 1. The van der Waals surface area contributed by atoms with Crippen molar-refractivity contribution >= 4 is 15.9 Å². The molecule has 2 nitrogen and oxygen atoms in total. The lowest BCUT2D eigenvalue weighted by Gasteiger charge is -2.41. The molecule has 0 spiro atoms. The SMILES string of the molecule is NCC1CCCN(C2CC2)C1c1ccc(Br)c(F)c1. The van der Waals surface area contributed by atoms with Gasteiger partial charge in [0.15, 0.2) is 0 Å². The van der Waals surface area contributed by atoms with Crippen molar-refractivity contribution in [3.8, 4) is 0 Å². The highest BCUT2D eigenvalue weighted by Crippen LogP contribution is 2.42. The van der Waals surface area contributed by atoms with Gasteiger partial charge in [0.05, 0.1) is 4.47 Å². The van der Waals surface area contributed by atoms with Crippen LogP contribution < -0.4 is 5.73 Å². The Morgan fingerprint density at radius 3 is 2.74 bits per heavy atom. The van der Waals surface area contributed by atoms with Crippen molar-refractivity contribution in [2.75, 3.05) is 13.1 Å². The second kappa shape index (κ2) is 5.51. The Morgan fingerprint density at radius 1 is 1.32 bits per heavy atom. The van der Waals surface area contributed by atoms with Crippen molar-refractivity contribution in [1.82, 2.24) is 4.90 Å². The van der Waals surface area contributed by atoms with Gasteiger partial charge in [0, 0.05) is 12.1 Å². The highest BCUT2D eigenvalue weighted by atomic mass is 79.9. The highest BCUT2D eigenvalue weighted by molar-refractivity contribution is 9.10. The molecule has 104 valence electrons. The van der Waals surface area contributed by atoms with Crippen LogP contribution in [0.1, 0.15) is 37.3 Å². The maximum atomic E-state index is 13.8. The van der Waals surface area contributed by atoms with Crippen molar-refractivity contribution in [2.45, 2.75) is 37.8 Å². The highest BCUT2D eigenvalue weighted by Gasteiger charge is 2.40. The zero-order valence-electron chi connectivity index (χ0n) is 11.0. The number of nitrogens with two attached hydrogens (primary N) is 1. The normalized spacial score (nSPS) is 28.6.